The largest absolute Gasteiger partial charge is 0.481 e. The maximum absolute atomic E-state index is 10.3. The van der Waals surface area contributed by atoms with Gasteiger partial charge in [0.2, 0.25) is 0 Å². The van der Waals surface area contributed by atoms with Crippen LogP contribution in [0.2, 0.25) is 0 Å². The molecule has 1 aromatic heterocycles. The molecule has 0 amide bonds. The molecular weight excluding hydrogens is 156 g/mol. The van der Waals surface area contributed by atoms with Crippen LogP contribution in [0.5, 0.6) is 0 Å². The van der Waals surface area contributed by atoms with Gasteiger partial charge in [-0.15, -0.1) is 0 Å². The second kappa shape index (κ2) is 3.82. The van der Waals surface area contributed by atoms with Crippen molar-refractivity contribution in [1.82, 2.24) is 4.98 Å². The average Bonchev–Trinajstić information content (AvgIpc) is 2.05. The molecule has 0 aromatic carbocycles. The lowest BCUT2D eigenvalue weighted by molar-refractivity contribution is -0.137. The number of aliphatic carboxylic acids is 1. The number of rotatable bonds is 3. The summed E-state index contributed by atoms with van der Waals surface area (Å²) >= 11 is 0. The van der Waals surface area contributed by atoms with Crippen LogP contribution in [0.3, 0.4) is 0 Å². The van der Waals surface area contributed by atoms with E-state index in [9.17, 15) is 4.79 Å². The number of nitrogens with two attached hydrogens (primary N) is 1. The first-order valence-corrected chi connectivity index (χ1v) is 3.58. The van der Waals surface area contributed by atoms with E-state index in [2.05, 4.69) is 4.98 Å². The van der Waals surface area contributed by atoms with Crippen LogP contribution in [0.4, 0.5) is 0 Å². The summed E-state index contributed by atoms with van der Waals surface area (Å²) < 4.78 is 0. The molecule has 0 unspecified atom stereocenters. The second-order valence-electron chi connectivity index (χ2n) is 2.46. The molecule has 0 aliphatic carbocycles. The molecule has 0 radical (unpaired) electrons. The molecule has 4 nitrogen and oxygen atoms in total. The summed E-state index contributed by atoms with van der Waals surface area (Å²) in [5.74, 6) is -0.909. The van der Waals surface area contributed by atoms with Gasteiger partial charge in [0.25, 0.3) is 0 Å². The van der Waals surface area contributed by atoms with Gasteiger partial charge in [0.1, 0.15) is 0 Å². The van der Waals surface area contributed by atoms with Gasteiger partial charge in [-0.25, -0.2) is 0 Å². The van der Waals surface area contributed by atoms with Gasteiger partial charge < -0.3 is 10.8 Å². The minimum Gasteiger partial charge on any atom is -0.481 e. The van der Waals surface area contributed by atoms with Crippen LogP contribution < -0.4 is 5.73 Å². The van der Waals surface area contributed by atoms with Crippen LogP contribution in [0.15, 0.2) is 24.4 Å². The van der Waals surface area contributed by atoms with Gasteiger partial charge >= 0.3 is 5.97 Å². The summed E-state index contributed by atoms with van der Waals surface area (Å²) in [7, 11) is 0. The van der Waals surface area contributed by atoms with Gasteiger partial charge in [0.15, 0.2) is 0 Å². The van der Waals surface area contributed by atoms with Crippen molar-refractivity contribution in [3.8, 4) is 0 Å². The standard InChI is InChI=1S/C8H10N2O2/c9-6(5-8(11)12)7-3-1-2-4-10-7/h1-4,6H,5,9H2,(H,11,12)/t6-/m0/s1. The Hall–Kier alpha value is -1.42. The molecule has 0 saturated heterocycles. The molecule has 0 fully saturated rings. The molecule has 0 aliphatic heterocycles. The van der Waals surface area contributed by atoms with E-state index in [0.717, 1.165) is 0 Å². The lowest BCUT2D eigenvalue weighted by Gasteiger charge is -2.06. The van der Waals surface area contributed by atoms with Crippen molar-refractivity contribution in [1.29, 1.82) is 0 Å². The molecule has 0 bridgehead atoms. The highest BCUT2D eigenvalue weighted by molar-refractivity contribution is 5.67. The Morgan fingerprint density at radius 3 is 2.92 bits per heavy atom. The molecule has 4 heteroatoms. The van der Waals surface area contributed by atoms with E-state index in [4.69, 9.17) is 10.8 Å². The number of aromatic nitrogens is 1. The number of hydrogen-bond donors (Lipinski definition) is 2. The number of pyridine rings is 1. The minimum atomic E-state index is -0.909. The van der Waals surface area contributed by atoms with E-state index in [0.29, 0.717) is 5.69 Å². The third kappa shape index (κ3) is 2.32. The first-order chi connectivity index (χ1) is 5.70. The zero-order valence-electron chi connectivity index (χ0n) is 6.47. The lowest BCUT2D eigenvalue weighted by Crippen LogP contribution is -2.15. The van der Waals surface area contributed by atoms with Crippen molar-refractivity contribution in [3.63, 3.8) is 0 Å². The number of carboxylic acids is 1. The summed E-state index contributed by atoms with van der Waals surface area (Å²) in [6.45, 7) is 0. The van der Waals surface area contributed by atoms with Gasteiger partial charge in [-0.3, -0.25) is 9.78 Å². The first kappa shape index (κ1) is 8.67. The summed E-state index contributed by atoms with van der Waals surface area (Å²) in [5.41, 5.74) is 6.16. The molecule has 64 valence electrons. The quantitative estimate of drug-likeness (QED) is 0.687. The van der Waals surface area contributed by atoms with E-state index in [1.54, 1.807) is 24.4 Å². The zero-order valence-corrected chi connectivity index (χ0v) is 6.47. The number of carboxylic acid groups (broad SMARTS) is 1. The van der Waals surface area contributed by atoms with Crippen molar-refractivity contribution in [2.24, 2.45) is 5.73 Å². The zero-order chi connectivity index (χ0) is 8.97. The Kier molecular flexibility index (Phi) is 2.76. The molecule has 12 heavy (non-hydrogen) atoms. The Morgan fingerprint density at radius 2 is 2.42 bits per heavy atom. The fraction of sp³-hybridized carbons (Fsp3) is 0.250. The van der Waals surface area contributed by atoms with Gasteiger partial charge in [-0.05, 0) is 12.1 Å². The fourth-order valence-corrected chi connectivity index (χ4v) is 0.888. The number of hydrogen-bond acceptors (Lipinski definition) is 3. The molecule has 0 aliphatic rings. The van der Waals surface area contributed by atoms with Crippen molar-refractivity contribution in [2.75, 3.05) is 0 Å². The van der Waals surface area contributed by atoms with Crippen LogP contribution in [0, 0.1) is 0 Å². The van der Waals surface area contributed by atoms with Crippen LogP contribution in [-0.4, -0.2) is 16.1 Å². The normalized spacial score (nSPS) is 12.4. The average molecular weight is 166 g/mol. The summed E-state index contributed by atoms with van der Waals surface area (Å²) in [4.78, 5) is 14.2. The van der Waals surface area contributed by atoms with Gasteiger partial charge in [-0.2, -0.15) is 0 Å². The Morgan fingerprint density at radius 1 is 1.67 bits per heavy atom. The van der Waals surface area contributed by atoms with Crippen LogP contribution >= 0.6 is 0 Å². The monoisotopic (exact) mass is 166 g/mol. The third-order valence-electron chi connectivity index (χ3n) is 1.46. The van der Waals surface area contributed by atoms with Gasteiger partial charge in [-0.1, -0.05) is 6.07 Å². The van der Waals surface area contributed by atoms with Crippen molar-refractivity contribution in [2.45, 2.75) is 12.5 Å². The van der Waals surface area contributed by atoms with Crippen LogP contribution in [-0.2, 0) is 4.79 Å². The summed E-state index contributed by atoms with van der Waals surface area (Å²) in [6.07, 6.45) is 1.51. The van der Waals surface area contributed by atoms with Crippen LogP contribution in [0.25, 0.3) is 0 Å². The molecule has 1 heterocycles. The van der Waals surface area contributed by atoms with E-state index in [1.807, 2.05) is 0 Å². The SMILES string of the molecule is N[C@@H](CC(=O)O)c1ccccn1. The van der Waals surface area contributed by atoms with Gasteiger partial charge in [0.05, 0.1) is 18.2 Å². The smallest absolute Gasteiger partial charge is 0.305 e. The molecule has 0 spiro atoms. The van der Waals surface area contributed by atoms with E-state index >= 15 is 0 Å². The fourth-order valence-electron chi connectivity index (χ4n) is 0.888. The highest BCUT2D eigenvalue weighted by atomic mass is 16.4. The van der Waals surface area contributed by atoms with E-state index < -0.39 is 12.0 Å². The first-order valence-electron chi connectivity index (χ1n) is 3.58. The van der Waals surface area contributed by atoms with E-state index in [1.165, 1.54) is 0 Å². The highest BCUT2D eigenvalue weighted by Crippen LogP contribution is 2.09. The molecule has 1 aromatic rings. The molecule has 0 saturated carbocycles. The second-order valence-corrected chi connectivity index (χ2v) is 2.46. The Balaban J connectivity index is 2.65. The Labute approximate surface area is 70.0 Å². The highest BCUT2D eigenvalue weighted by Gasteiger charge is 2.10. The van der Waals surface area contributed by atoms with Crippen molar-refractivity contribution < 1.29 is 9.90 Å². The molecule has 1 atom stereocenters. The predicted molar refractivity (Wildman–Crippen MR) is 43.4 cm³/mol. The van der Waals surface area contributed by atoms with Gasteiger partial charge in [0, 0.05) is 6.20 Å². The molecule has 3 N–H and O–H groups in total. The van der Waals surface area contributed by atoms with Crippen LogP contribution in [0.1, 0.15) is 18.2 Å². The number of nitrogens with zero attached hydrogens (tertiary/aromatic N) is 1. The van der Waals surface area contributed by atoms with E-state index in [-0.39, 0.29) is 6.42 Å². The minimum absolute atomic E-state index is 0.0863. The number of carbonyl (C=O) groups is 1. The summed E-state index contributed by atoms with van der Waals surface area (Å²) in [5, 5.41) is 8.44. The summed E-state index contributed by atoms with van der Waals surface area (Å²) in [6, 6.07) is 4.75. The maximum atomic E-state index is 10.3. The maximum Gasteiger partial charge on any atom is 0.305 e. The predicted octanol–water partition coefficient (Wildman–Crippen LogP) is 0.556. The third-order valence-corrected chi connectivity index (χ3v) is 1.46. The molecule has 1 rings (SSSR count). The Bertz CT molecular complexity index is 261. The topological polar surface area (TPSA) is 76.2 Å². The van der Waals surface area contributed by atoms with Crippen molar-refractivity contribution in [3.05, 3.63) is 30.1 Å². The van der Waals surface area contributed by atoms with Crippen molar-refractivity contribution >= 4 is 5.97 Å². The lowest BCUT2D eigenvalue weighted by atomic mass is 10.1. The molecular formula is C8H10N2O2.